The van der Waals surface area contributed by atoms with Crippen LogP contribution < -0.4 is 16.6 Å². The maximum atomic E-state index is 12.5. The molecule has 1 aromatic heterocycles. The number of hydrogen-bond acceptors (Lipinski definition) is 5. The monoisotopic (exact) mass is 321 g/mol. The number of anilines is 1. The van der Waals surface area contributed by atoms with Gasteiger partial charge in [0.1, 0.15) is 11.6 Å². The molecule has 0 saturated heterocycles. The smallest absolute Gasteiger partial charge is 0.262 e. The Bertz CT molecular complexity index is 1110. The first kappa shape index (κ1) is 14.0. The van der Waals surface area contributed by atoms with Gasteiger partial charge in [-0.15, -0.1) is 0 Å². The van der Waals surface area contributed by atoms with Crippen molar-refractivity contribution in [2.24, 2.45) is 0 Å². The Balaban J connectivity index is 2.12. The number of aromatic hydroxyl groups is 1. The highest BCUT2D eigenvalue weighted by atomic mass is 16.3. The van der Waals surface area contributed by atoms with Crippen LogP contribution in [0.25, 0.3) is 16.5 Å². The van der Waals surface area contributed by atoms with Crippen LogP contribution in [0.1, 0.15) is 20.7 Å². The molecule has 1 aliphatic heterocycles. The summed E-state index contributed by atoms with van der Waals surface area (Å²) in [7, 11) is 0. The lowest BCUT2D eigenvalue weighted by atomic mass is 10.1. The molecule has 0 saturated carbocycles. The Morgan fingerprint density at radius 3 is 2.46 bits per heavy atom. The van der Waals surface area contributed by atoms with Crippen LogP contribution in [-0.2, 0) is 0 Å². The minimum absolute atomic E-state index is 0.0169. The van der Waals surface area contributed by atoms with Crippen LogP contribution in [0, 0.1) is 0 Å². The number of aromatic nitrogens is 1. The maximum absolute atomic E-state index is 12.5. The Labute approximate surface area is 134 Å². The second-order valence-electron chi connectivity index (χ2n) is 5.42. The van der Waals surface area contributed by atoms with Gasteiger partial charge in [-0.1, -0.05) is 24.3 Å². The second-order valence-corrected chi connectivity index (χ2v) is 5.42. The summed E-state index contributed by atoms with van der Waals surface area (Å²) in [6.45, 7) is 0. The summed E-state index contributed by atoms with van der Waals surface area (Å²) in [5, 5.41) is 13.2. The average Bonchev–Trinajstić information content (AvgIpc) is 2.82. The summed E-state index contributed by atoms with van der Waals surface area (Å²) in [5.41, 5.74) is 5.88. The molecule has 3 aromatic rings. The van der Waals surface area contributed by atoms with E-state index in [2.05, 4.69) is 5.32 Å². The van der Waals surface area contributed by atoms with Gasteiger partial charge >= 0.3 is 0 Å². The number of rotatable bonds is 1. The van der Waals surface area contributed by atoms with E-state index in [-0.39, 0.29) is 22.7 Å². The number of fused-ring (bicyclic) bond motifs is 2. The maximum Gasteiger partial charge on any atom is 0.262 e. The number of phenolic OH excluding ortho intramolecular Hbond substituents is 1. The summed E-state index contributed by atoms with van der Waals surface area (Å²) in [4.78, 5) is 36.2. The third-order valence-corrected chi connectivity index (χ3v) is 4.07. The highest BCUT2D eigenvalue weighted by Crippen LogP contribution is 2.30. The molecule has 0 aliphatic carbocycles. The SMILES string of the molecule is Nc1c2c(cc(=O)n1-c1cccc3c(O)cccc13)C(=O)NC2=O. The minimum atomic E-state index is -0.637. The normalized spacial score (nSPS) is 13.2. The molecule has 0 bridgehead atoms. The second kappa shape index (κ2) is 4.69. The molecule has 0 fully saturated rings. The number of phenols is 1. The zero-order valence-corrected chi connectivity index (χ0v) is 12.2. The first-order chi connectivity index (χ1) is 11.5. The zero-order chi connectivity index (χ0) is 17.0. The van der Waals surface area contributed by atoms with Gasteiger partial charge < -0.3 is 10.8 Å². The van der Waals surface area contributed by atoms with Crippen LogP contribution in [0.15, 0.2) is 47.3 Å². The van der Waals surface area contributed by atoms with Gasteiger partial charge in [0.25, 0.3) is 17.4 Å². The molecular formula is C17H11N3O4. The molecule has 2 amide bonds. The summed E-state index contributed by atoms with van der Waals surface area (Å²) in [6.07, 6.45) is 0. The van der Waals surface area contributed by atoms with Gasteiger partial charge in [0, 0.05) is 16.8 Å². The number of nitrogens with zero attached hydrogens (tertiary/aromatic N) is 1. The Morgan fingerprint density at radius 2 is 1.67 bits per heavy atom. The summed E-state index contributed by atoms with van der Waals surface area (Å²) in [6, 6.07) is 11.0. The summed E-state index contributed by atoms with van der Waals surface area (Å²) < 4.78 is 1.17. The van der Waals surface area contributed by atoms with E-state index in [1.54, 1.807) is 30.3 Å². The van der Waals surface area contributed by atoms with Gasteiger partial charge in [-0.2, -0.15) is 0 Å². The lowest BCUT2D eigenvalue weighted by molar-refractivity contribution is 0.0880. The molecule has 0 atom stereocenters. The van der Waals surface area contributed by atoms with E-state index >= 15 is 0 Å². The van der Waals surface area contributed by atoms with Crippen molar-refractivity contribution in [1.82, 2.24) is 9.88 Å². The number of pyridine rings is 1. The molecule has 2 aromatic carbocycles. The predicted molar refractivity (Wildman–Crippen MR) is 87.4 cm³/mol. The van der Waals surface area contributed by atoms with E-state index in [0.29, 0.717) is 16.5 Å². The Kier molecular flexibility index (Phi) is 2.74. The van der Waals surface area contributed by atoms with Crippen molar-refractivity contribution in [3.05, 3.63) is 63.9 Å². The number of amides is 2. The lowest BCUT2D eigenvalue weighted by Gasteiger charge is -2.14. The quantitative estimate of drug-likeness (QED) is 0.582. The van der Waals surface area contributed by atoms with Crippen molar-refractivity contribution in [3.8, 4) is 11.4 Å². The Morgan fingerprint density at radius 1 is 0.958 bits per heavy atom. The third-order valence-electron chi connectivity index (χ3n) is 4.07. The largest absolute Gasteiger partial charge is 0.507 e. The highest BCUT2D eigenvalue weighted by molar-refractivity contribution is 6.23. The Hall–Kier alpha value is -3.61. The molecule has 2 heterocycles. The van der Waals surface area contributed by atoms with Crippen LogP contribution in [0.5, 0.6) is 5.75 Å². The number of nitrogens with two attached hydrogens (primary N) is 1. The minimum Gasteiger partial charge on any atom is -0.507 e. The van der Waals surface area contributed by atoms with Crippen molar-refractivity contribution in [1.29, 1.82) is 0 Å². The number of hydrogen-bond donors (Lipinski definition) is 3. The van der Waals surface area contributed by atoms with E-state index in [0.717, 1.165) is 6.07 Å². The molecular weight excluding hydrogens is 310 g/mol. The highest BCUT2D eigenvalue weighted by Gasteiger charge is 2.32. The molecule has 0 radical (unpaired) electrons. The van der Waals surface area contributed by atoms with E-state index < -0.39 is 17.4 Å². The third kappa shape index (κ3) is 1.75. The van der Waals surface area contributed by atoms with Crippen molar-refractivity contribution in [2.45, 2.75) is 0 Å². The van der Waals surface area contributed by atoms with Crippen molar-refractivity contribution < 1.29 is 14.7 Å². The number of imide groups is 1. The number of nitrogen functional groups attached to an aromatic ring is 1. The van der Waals surface area contributed by atoms with E-state index in [4.69, 9.17) is 5.73 Å². The molecule has 0 unspecified atom stereocenters. The molecule has 0 spiro atoms. The van der Waals surface area contributed by atoms with E-state index in [1.807, 2.05) is 0 Å². The van der Waals surface area contributed by atoms with Crippen LogP contribution in [0.4, 0.5) is 5.82 Å². The van der Waals surface area contributed by atoms with Gasteiger partial charge in [0.15, 0.2) is 0 Å². The number of carbonyl (C=O) groups is 2. The number of benzene rings is 2. The van der Waals surface area contributed by atoms with Crippen LogP contribution in [-0.4, -0.2) is 21.5 Å². The van der Waals surface area contributed by atoms with Gasteiger partial charge in [-0.25, -0.2) is 0 Å². The number of nitrogens with one attached hydrogen (secondary N) is 1. The molecule has 7 nitrogen and oxygen atoms in total. The number of carbonyl (C=O) groups excluding carboxylic acids is 2. The molecule has 7 heteroatoms. The van der Waals surface area contributed by atoms with Crippen molar-refractivity contribution >= 4 is 28.4 Å². The van der Waals surface area contributed by atoms with Crippen molar-refractivity contribution in [3.63, 3.8) is 0 Å². The van der Waals surface area contributed by atoms with Crippen LogP contribution in [0.2, 0.25) is 0 Å². The zero-order valence-electron chi connectivity index (χ0n) is 12.2. The van der Waals surface area contributed by atoms with Gasteiger partial charge in [0.2, 0.25) is 0 Å². The van der Waals surface area contributed by atoms with Crippen LogP contribution >= 0.6 is 0 Å². The van der Waals surface area contributed by atoms with Gasteiger partial charge in [-0.3, -0.25) is 24.3 Å². The van der Waals surface area contributed by atoms with Gasteiger partial charge in [-0.05, 0) is 12.1 Å². The fourth-order valence-electron chi connectivity index (χ4n) is 3.00. The van der Waals surface area contributed by atoms with Gasteiger partial charge in [0.05, 0.1) is 16.8 Å². The first-order valence-electron chi connectivity index (χ1n) is 7.11. The topological polar surface area (TPSA) is 114 Å². The molecule has 118 valence electrons. The fourth-order valence-corrected chi connectivity index (χ4v) is 3.00. The summed E-state index contributed by atoms with van der Waals surface area (Å²) >= 11 is 0. The van der Waals surface area contributed by atoms with Crippen LogP contribution in [0.3, 0.4) is 0 Å². The standard InChI is InChI=1S/C17H11N3O4/c18-15-14-10(16(23)19-17(14)24)7-13(22)20(15)11-5-1-4-9-8(11)3-2-6-12(9)21/h1-7,21H,18H2,(H,19,23,24). The lowest BCUT2D eigenvalue weighted by Crippen LogP contribution is -2.24. The van der Waals surface area contributed by atoms with Crippen molar-refractivity contribution in [2.75, 3.05) is 5.73 Å². The average molecular weight is 321 g/mol. The molecule has 1 aliphatic rings. The summed E-state index contributed by atoms with van der Waals surface area (Å²) in [5.74, 6) is -1.32. The predicted octanol–water partition coefficient (Wildman–Crippen LogP) is 1.16. The molecule has 4 N–H and O–H groups in total. The molecule has 24 heavy (non-hydrogen) atoms. The van der Waals surface area contributed by atoms with E-state index in [1.165, 1.54) is 10.6 Å². The first-order valence-corrected chi connectivity index (χ1v) is 7.11. The van der Waals surface area contributed by atoms with E-state index in [9.17, 15) is 19.5 Å². The fraction of sp³-hybridized carbons (Fsp3) is 0. The molecule has 4 rings (SSSR count).